The van der Waals surface area contributed by atoms with Crippen molar-refractivity contribution in [2.45, 2.75) is 6.54 Å². The highest BCUT2D eigenvalue weighted by molar-refractivity contribution is 6.42. The van der Waals surface area contributed by atoms with Gasteiger partial charge < -0.3 is 4.90 Å². The maximum absolute atomic E-state index is 11.9. The van der Waals surface area contributed by atoms with Gasteiger partial charge in [0.1, 0.15) is 12.2 Å². The quantitative estimate of drug-likeness (QED) is 0.883. The zero-order valence-electron chi connectivity index (χ0n) is 10.7. The number of amides is 1. The summed E-state index contributed by atoms with van der Waals surface area (Å²) in [7, 11) is 1.68. The minimum absolute atomic E-state index is 0.146. The van der Waals surface area contributed by atoms with Crippen LogP contribution < -0.4 is 0 Å². The van der Waals surface area contributed by atoms with E-state index in [4.69, 9.17) is 23.2 Å². The molecule has 0 aliphatic heterocycles. The predicted molar refractivity (Wildman–Crippen MR) is 78.4 cm³/mol. The van der Waals surface area contributed by atoms with Crippen LogP contribution in [-0.2, 0) is 11.3 Å². The molecular weight excluding hydrogens is 299 g/mol. The zero-order chi connectivity index (χ0) is 14.5. The number of nitrogens with one attached hydrogen (secondary N) is 1. The molecule has 0 radical (unpaired) electrons. The molecule has 2 rings (SSSR count). The second-order valence-corrected chi connectivity index (χ2v) is 4.95. The number of nitrogens with zero attached hydrogens (tertiary/aromatic N) is 3. The number of aromatic nitrogens is 3. The monoisotopic (exact) mass is 310 g/mol. The first-order valence-corrected chi connectivity index (χ1v) is 6.54. The Labute approximate surface area is 126 Å². The number of carbonyl (C=O) groups excluding carboxylic acids is 1. The molecule has 104 valence electrons. The molecule has 7 heteroatoms. The van der Waals surface area contributed by atoms with E-state index in [0.717, 1.165) is 5.56 Å². The number of likely N-dealkylation sites (N-methyl/N-ethyl adjacent to an activating group) is 1. The van der Waals surface area contributed by atoms with Gasteiger partial charge in [0.15, 0.2) is 0 Å². The van der Waals surface area contributed by atoms with E-state index in [1.54, 1.807) is 31.3 Å². The van der Waals surface area contributed by atoms with Crippen molar-refractivity contribution >= 4 is 35.2 Å². The molecule has 0 fully saturated rings. The Kier molecular flexibility index (Phi) is 4.76. The maximum Gasteiger partial charge on any atom is 0.246 e. The van der Waals surface area contributed by atoms with Crippen molar-refractivity contribution in [3.63, 3.8) is 0 Å². The van der Waals surface area contributed by atoms with E-state index in [0.29, 0.717) is 22.4 Å². The van der Waals surface area contributed by atoms with E-state index in [1.165, 1.54) is 17.3 Å². The summed E-state index contributed by atoms with van der Waals surface area (Å²) in [5.41, 5.74) is 0.806. The van der Waals surface area contributed by atoms with E-state index in [9.17, 15) is 4.79 Å². The Balaban J connectivity index is 1.99. The molecule has 0 aliphatic rings. The minimum Gasteiger partial charge on any atom is -0.335 e. The third kappa shape index (κ3) is 3.82. The van der Waals surface area contributed by atoms with Gasteiger partial charge in [-0.25, -0.2) is 4.98 Å². The molecule has 0 bridgehead atoms. The first-order chi connectivity index (χ1) is 9.56. The Bertz CT molecular complexity index is 625. The van der Waals surface area contributed by atoms with Crippen LogP contribution in [0.5, 0.6) is 0 Å². The standard InChI is InChI=1S/C13H12Cl2N4O/c1-19(7-12-16-8-17-18-12)13(20)5-3-9-2-4-10(14)11(15)6-9/h2-6,8H,7H2,1H3,(H,16,17,18). The van der Waals surface area contributed by atoms with Gasteiger partial charge in [-0.1, -0.05) is 29.3 Å². The summed E-state index contributed by atoms with van der Waals surface area (Å²) in [5.74, 6) is 0.483. The van der Waals surface area contributed by atoms with E-state index in [1.807, 2.05) is 0 Å². The molecule has 0 saturated carbocycles. The third-order valence-electron chi connectivity index (χ3n) is 2.59. The number of hydrogen-bond acceptors (Lipinski definition) is 3. The summed E-state index contributed by atoms with van der Waals surface area (Å²) in [6.45, 7) is 0.366. The molecule has 5 nitrogen and oxygen atoms in total. The summed E-state index contributed by atoms with van der Waals surface area (Å²) in [4.78, 5) is 17.4. The largest absolute Gasteiger partial charge is 0.335 e. The number of H-pyrrole nitrogens is 1. The van der Waals surface area contributed by atoms with Crippen LogP contribution in [0.3, 0.4) is 0 Å². The lowest BCUT2D eigenvalue weighted by Crippen LogP contribution is -2.24. The minimum atomic E-state index is -0.146. The SMILES string of the molecule is CN(Cc1ncn[nH]1)C(=O)C=Cc1ccc(Cl)c(Cl)c1. The molecule has 1 aromatic heterocycles. The predicted octanol–water partition coefficient (Wildman–Crippen LogP) is 2.78. The highest BCUT2D eigenvalue weighted by atomic mass is 35.5. The fraction of sp³-hybridized carbons (Fsp3) is 0.154. The number of benzene rings is 1. The van der Waals surface area contributed by atoms with Crippen molar-refractivity contribution in [3.8, 4) is 0 Å². The third-order valence-corrected chi connectivity index (χ3v) is 3.33. The fourth-order valence-corrected chi connectivity index (χ4v) is 1.83. The van der Waals surface area contributed by atoms with Gasteiger partial charge in [0.2, 0.25) is 5.91 Å². The Morgan fingerprint density at radius 1 is 1.40 bits per heavy atom. The van der Waals surface area contributed by atoms with Gasteiger partial charge in [0.05, 0.1) is 16.6 Å². The van der Waals surface area contributed by atoms with Crippen LogP contribution in [0.2, 0.25) is 10.0 Å². The van der Waals surface area contributed by atoms with E-state index in [-0.39, 0.29) is 5.91 Å². The highest BCUT2D eigenvalue weighted by Gasteiger charge is 2.07. The molecular formula is C13H12Cl2N4O. The van der Waals surface area contributed by atoms with Crippen molar-refractivity contribution in [1.29, 1.82) is 0 Å². The van der Waals surface area contributed by atoms with E-state index >= 15 is 0 Å². The first-order valence-electron chi connectivity index (χ1n) is 5.79. The van der Waals surface area contributed by atoms with Crippen molar-refractivity contribution in [3.05, 3.63) is 52.0 Å². The van der Waals surface area contributed by atoms with Crippen molar-refractivity contribution in [2.24, 2.45) is 0 Å². The van der Waals surface area contributed by atoms with Crippen LogP contribution in [0.4, 0.5) is 0 Å². The van der Waals surface area contributed by atoms with Gasteiger partial charge in [0.25, 0.3) is 0 Å². The number of aromatic amines is 1. The lowest BCUT2D eigenvalue weighted by molar-refractivity contribution is -0.125. The molecule has 1 N–H and O–H groups in total. The lowest BCUT2D eigenvalue weighted by atomic mass is 10.2. The topological polar surface area (TPSA) is 61.9 Å². The summed E-state index contributed by atoms with van der Waals surface area (Å²) < 4.78 is 0. The fourth-order valence-electron chi connectivity index (χ4n) is 1.52. The number of halogens is 2. The van der Waals surface area contributed by atoms with Crippen LogP contribution in [0.25, 0.3) is 6.08 Å². The molecule has 1 heterocycles. The Hall–Kier alpha value is -1.85. The summed E-state index contributed by atoms with van der Waals surface area (Å²) in [5, 5.41) is 7.36. The Morgan fingerprint density at radius 2 is 2.20 bits per heavy atom. The van der Waals surface area contributed by atoms with Crippen LogP contribution in [0.1, 0.15) is 11.4 Å². The van der Waals surface area contributed by atoms with E-state index < -0.39 is 0 Å². The van der Waals surface area contributed by atoms with Crippen molar-refractivity contribution < 1.29 is 4.79 Å². The number of rotatable bonds is 4. The number of hydrogen-bond donors (Lipinski definition) is 1. The zero-order valence-corrected chi connectivity index (χ0v) is 12.2. The average molecular weight is 311 g/mol. The van der Waals surface area contributed by atoms with Crippen LogP contribution >= 0.6 is 23.2 Å². The van der Waals surface area contributed by atoms with Gasteiger partial charge in [-0.2, -0.15) is 5.10 Å². The first kappa shape index (κ1) is 14.6. The summed E-state index contributed by atoms with van der Waals surface area (Å²) >= 11 is 11.7. The van der Waals surface area contributed by atoms with Gasteiger partial charge in [-0.3, -0.25) is 9.89 Å². The van der Waals surface area contributed by atoms with Gasteiger partial charge in [-0.15, -0.1) is 0 Å². The molecule has 1 amide bonds. The second-order valence-electron chi connectivity index (χ2n) is 4.13. The van der Waals surface area contributed by atoms with Crippen LogP contribution in [0.15, 0.2) is 30.6 Å². The van der Waals surface area contributed by atoms with Gasteiger partial charge >= 0.3 is 0 Å². The van der Waals surface area contributed by atoms with Crippen molar-refractivity contribution in [2.75, 3.05) is 7.05 Å². The molecule has 0 saturated heterocycles. The molecule has 20 heavy (non-hydrogen) atoms. The molecule has 0 unspecified atom stereocenters. The van der Waals surface area contributed by atoms with Crippen LogP contribution in [0, 0.1) is 0 Å². The van der Waals surface area contributed by atoms with Crippen LogP contribution in [-0.4, -0.2) is 33.0 Å². The average Bonchev–Trinajstić information content (AvgIpc) is 2.92. The van der Waals surface area contributed by atoms with E-state index in [2.05, 4.69) is 15.2 Å². The van der Waals surface area contributed by atoms with Gasteiger partial charge in [0, 0.05) is 13.1 Å². The summed E-state index contributed by atoms with van der Waals surface area (Å²) in [6, 6.07) is 5.17. The Morgan fingerprint density at radius 3 is 2.85 bits per heavy atom. The normalized spacial score (nSPS) is 10.9. The second kappa shape index (κ2) is 6.54. The lowest BCUT2D eigenvalue weighted by Gasteiger charge is -2.12. The number of carbonyl (C=O) groups is 1. The smallest absolute Gasteiger partial charge is 0.246 e. The highest BCUT2D eigenvalue weighted by Crippen LogP contribution is 2.23. The maximum atomic E-state index is 11.9. The molecule has 2 aromatic rings. The van der Waals surface area contributed by atoms with Gasteiger partial charge in [-0.05, 0) is 23.8 Å². The molecule has 0 spiro atoms. The molecule has 0 aliphatic carbocycles. The van der Waals surface area contributed by atoms with Crippen molar-refractivity contribution in [1.82, 2.24) is 20.1 Å². The molecule has 1 aromatic carbocycles. The summed E-state index contributed by atoms with van der Waals surface area (Å²) in [6.07, 6.45) is 4.55. The molecule has 0 atom stereocenters.